The first kappa shape index (κ1) is 17.8. The molecule has 5 nitrogen and oxygen atoms in total. The first-order valence-electron chi connectivity index (χ1n) is 7.78. The molecule has 0 unspecified atom stereocenters. The Kier molecular flexibility index (Phi) is 6.07. The average Bonchev–Trinajstić information content (AvgIpc) is 3.36. The highest BCUT2D eigenvalue weighted by Gasteiger charge is 2.49. The van der Waals surface area contributed by atoms with E-state index in [-0.39, 0.29) is 18.4 Å². The number of rotatable bonds is 9. The second kappa shape index (κ2) is 7.84. The largest absolute Gasteiger partial charge is 0.480 e. The average molecular weight is 337 g/mol. The van der Waals surface area contributed by atoms with E-state index in [1.54, 1.807) is 6.92 Å². The highest BCUT2D eigenvalue weighted by atomic mass is 32.2. The van der Waals surface area contributed by atoms with Crippen molar-refractivity contribution in [3.63, 3.8) is 0 Å². The van der Waals surface area contributed by atoms with E-state index in [1.807, 2.05) is 36.6 Å². The maximum absolute atomic E-state index is 11.9. The van der Waals surface area contributed by atoms with E-state index in [0.29, 0.717) is 5.75 Å². The Morgan fingerprint density at radius 3 is 2.52 bits per heavy atom. The summed E-state index contributed by atoms with van der Waals surface area (Å²) in [5.41, 5.74) is -0.288. The fourth-order valence-corrected chi connectivity index (χ4v) is 3.39. The fourth-order valence-electron chi connectivity index (χ4n) is 2.56. The molecule has 23 heavy (non-hydrogen) atoms. The van der Waals surface area contributed by atoms with Gasteiger partial charge in [-0.1, -0.05) is 37.3 Å². The van der Waals surface area contributed by atoms with Crippen LogP contribution in [0.3, 0.4) is 0 Å². The molecule has 0 aromatic heterocycles. The van der Waals surface area contributed by atoms with Gasteiger partial charge in [-0.3, -0.25) is 4.79 Å². The molecule has 1 aromatic rings. The third-order valence-corrected chi connectivity index (χ3v) is 4.58. The maximum Gasteiger partial charge on any atom is 0.329 e. The molecule has 0 heterocycles. The zero-order valence-electron chi connectivity index (χ0n) is 13.5. The topological polar surface area (TPSA) is 75.6 Å². The highest BCUT2D eigenvalue weighted by Crippen LogP contribution is 2.40. The molecule has 1 aliphatic carbocycles. The minimum Gasteiger partial charge on any atom is -0.480 e. The van der Waals surface area contributed by atoms with E-state index in [0.717, 1.165) is 18.4 Å². The summed E-state index contributed by atoms with van der Waals surface area (Å²) >= 11 is 1.51. The van der Waals surface area contributed by atoms with Gasteiger partial charge < -0.3 is 15.2 Å². The maximum atomic E-state index is 11.9. The molecular weight excluding hydrogens is 314 g/mol. The quantitative estimate of drug-likeness (QED) is 0.724. The lowest BCUT2D eigenvalue weighted by molar-refractivity contribution is -0.155. The molecule has 0 aliphatic heterocycles. The van der Waals surface area contributed by atoms with E-state index < -0.39 is 17.6 Å². The van der Waals surface area contributed by atoms with Gasteiger partial charge in [-0.05, 0) is 24.7 Å². The van der Waals surface area contributed by atoms with Gasteiger partial charge in [0.05, 0.1) is 6.10 Å². The molecule has 1 saturated carbocycles. The van der Waals surface area contributed by atoms with Gasteiger partial charge in [0.15, 0.2) is 6.04 Å². The molecule has 0 radical (unpaired) electrons. The Labute approximate surface area is 140 Å². The molecule has 0 bridgehead atoms. The number of thioether (sulfide) groups is 1. The number of hydrogen-bond donors (Lipinski definition) is 2. The predicted molar refractivity (Wildman–Crippen MR) is 90.5 cm³/mol. The van der Waals surface area contributed by atoms with Crippen molar-refractivity contribution in [1.82, 2.24) is 5.32 Å². The molecule has 0 spiro atoms. The molecule has 0 saturated heterocycles. The van der Waals surface area contributed by atoms with Crippen molar-refractivity contribution in [2.45, 2.75) is 43.9 Å². The molecule has 126 valence electrons. The van der Waals surface area contributed by atoms with Crippen LogP contribution in [0.25, 0.3) is 0 Å². The van der Waals surface area contributed by atoms with Crippen LogP contribution in [0.2, 0.25) is 0 Å². The van der Waals surface area contributed by atoms with Gasteiger partial charge in [-0.2, -0.15) is 11.8 Å². The number of carbonyl (C=O) groups is 2. The molecule has 2 rings (SSSR count). The number of ether oxygens (including phenoxy) is 1. The van der Waals surface area contributed by atoms with E-state index in [9.17, 15) is 14.7 Å². The van der Waals surface area contributed by atoms with Crippen LogP contribution in [-0.4, -0.2) is 41.1 Å². The second-order valence-corrected chi connectivity index (χ2v) is 6.56. The molecule has 6 heteroatoms. The van der Waals surface area contributed by atoms with Crippen LogP contribution >= 0.6 is 11.8 Å². The molecule has 1 aliphatic rings. The standard InChI is InChI=1S/C17H23NO4S/c1-3-14(19)18-15(16(20)21)17(11-23-2,22-13-9-10-13)12-7-5-4-6-8-12/h4-8,13,15H,3,9-11H2,1-2H3,(H,18,19)(H,20,21)/t15-,17+/m1/s1. The molecule has 1 amide bonds. The second-order valence-electron chi connectivity index (χ2n) is 5.70. The summed E-state index contributed by atoms with van der Waals surface area (Å²) in [6, 6.07) is 8.22. The Morgan fingerprint density at radius 1 is 1.39 bits per heavy atom. The van der Waals surface area contributed by atoms with Gasteiger partial charge in [0.2, 0.25) is 5.91 Å². The fraction of sp³-hybridized carbons (Fsp3) is 0.529. The Hall–Kier alpha value is -1.53. The van der Waals surface area contributed by atoms with Crippen molar-refractivity contribution in [2.75, 3.05) is 12.0 Å². The molecule has 1 fully saturated rings. The van der Waals surface area contributed by atoms with Crippen LogP contribution < -0.4 is 5.32 Å². The number of nitrogens with one attached hydrogen (secondary N) is 1. The SMILES string of the molecule is CCC(=O)N[C@H](C(=O)O)[C@@](CSC)(OC1CC1)c1ccccc1. The van der Waals surface area contributed by atoms with Gasteiger partial charge >= 0.3 is 5.97 Å². The predicted octanol–water partition coefficient (Wildman–Crippen LogP) is 2.40. The Balaban J connectivity index is 2.47. The summed E-state index contributed by atoms with van der Waals surface area (Å²) in [7, 11) is 0. The van der Waals surface area contributed by atoms with Crippen LogP contribution in [0.15, 0.2) is 30.3 Å². The minimum atomic E-state index is -1.12. The lowest BCUT2D eigenvalue weighted by Crippen LogP contribution is -2.58. The van der Waals surface area contributed by atoms with Crippen LogP contribution in [0, 0.1) is 0 Å². The molecule has 1 aromatic carbocycles. The first-order chi connectivity index (χ1) is 11.0. The van der Waals surface area contributed by atoms with Gasteiger partial charge in [-0.15, -0.1) is 0 Å². The lowest BCUT2D eigenvalue weighted by atomic mass is 9.87. The third kappa shape index (κ3) is 4.26. The summed E-state index contributed by atoms with van der Waals surface area (Å²) in [5.74, 6) is -0.919. The monoisotopic (exact) mass is 337 g/mol. The highest BCUT2D eigenvalue weighted by molar-refractivity contribution is 7.98. The van der Waals surface area contributed by atoms with Crippen LogP contribution in [0.5, 0.6) is 0 Å². The van der Waals surface area contributed by atoms with Gasteiger partial charge in [0.25, 0.3) is 0 Å². The number of carboxylic acids is 1. The van der Waals surface area contributed by atoms with Crippen molar-refractivity contribution < 1.29 is 19.4 Å². The van der Waals surface area contributed by atoms with Crippen LogP contribution in [-0.2, 0) is 19.9 Å². The molecular formula is C17H23NO4S. The van der Waals surface area contributed by atoms with E-state index >= 15 is 0 Å². The van der Waals surface area contributed by atoms with E-state index in [2.05, 4.69) is 5.32 Å². The summed E-state index contributed by atoms with van der Waals surface area (Å²) < 4.78 is 6.23. The van der Waals surface area contributed by atoms with E-state index in [1.165, 1.54) is 11.8 Å². The molecule has 2 N–H and O–H groups in total. The first-order valence-corrected chi connectivity index (χ1v) is 9.17. The van der Waals surface area contributed by atoms with Crippen molar-refractivity contribution in [3.8, 4) is 0 Å². The van der Waals surface area contributed by atoms with Crippen molar-refractivity contribution in [2.24, 2.45) is 0 Å². The number of carboxylic acid groups (broad SMARTS) is 1. The third-order valence-electron chi connectivity index (χ3n) is 3.86. The molecule has 2 atom stereocenters. The lowest BCUT2D eigenvalue weighted by Gasteiger charge is -2.39. The van der Waals surface area contributed by atoms with Gasteiger partial charge in [-0.25, -0.2) is 4.79 Å². The summed E-state index contributed by atoms with van der Waals surface area (Å²) in [6.07, 6.45) is 4.06. The van der Waals surface area contributed by atoms with Crippen molar-refractivity contribution in [3.05, 3.63) is 35.9 Å². The number of carbonyl (C=O) groups excluding carboxylic acids is 1. The minimum absolute atomic E-state index is 0.0581. The number of aliphatic carboxylic acids is 1. The van der Waals surface area contributed by atoms with Crippen molar-refractivity contribution in [1.29, 1.82) is 0 Å². The van der Waals surface area contributed by atoms with Gasteiger partial charge in [0, 0.05) is 12.2 Å². The summed E-state index contributed by atoms with van der Waals surface area (Å²) in [6.45, 7) is 1.70. The Morgan fingerprint density at radius 2 is 2.04 bits per heavy atom. The summed E-state index contributed by atoms with van der Waals surface area (Å²) in [4.78, 5) is 23.8. The van der Waals surface area contributed by atoms with Gasteiger partial charge in [0.1, 0.15) is 5.60 Å². The van der Waals surface area contributed by atoms with Crippen LogP contribution in [0.4, 0.5) is 0 Å². The smallest absolute Gasteiger partial charge is 0.329 e. The van der Waals surface area contributed by atoms with Crippen molar-refractivity contribution >= 4 is 23.6 Å². The van der Waals surface area contributed by atoms with E-state index in [4.69, 9.17) is 4.74 Å². The number of hydrogen-bond acceptors (Lipinski definition) is 4. The van der Waals surface area contributed by atoms with Crippen LogP contribution in [0.1, 0.15) is 31.7 Å². The zero-order chi connectivity index (χ0) is 16.9. The zero-order valence-corrected chi connectivity index (χ0v) is 14.3. The number of amides is 1. The number of benzene rings is 1. The Bertz CT molecular complexity index is 547. The normalized spacial score (nSPS) is 18.0. The summed E-state index contributed by atoms with van der Waals surface area (Å²) in [5, 5.41) is 12.4.